The van der Waals surface area contributed by atoms with E-state index in [0.29, 0.717) is 24.2 Å². The van der Waals surface area contributed by atoms with Gasteiger partial charge in [-0.3, -0.25) is 4.79 Å². The van der Waals surface area contributed by atoms with Gasteiger partial charge in [0.05, 0.1) is 13.2 Å². The molecule has 2 aliphatic carbocycles. The minimum absolute atomic E-state index is 0.248. The largest absolute Gasteiger partial charge is 0.477 e. The third kappa shape index (κ3) is 6.58. The number of carbonyl (C=O) groups is 1. The molecule has 0 aromatic carbocycles. The van der Waals surface area contributed by atoms with Crippen molar-refractivity contribution >= 4 is 11.9 Å². The van der Waals surface area contributed by atoms with Gasteiger partial charge in [0, 0.05) is 43.9 Å². The number of nitrogens with one attached hydrogen (secondary N) is 2. The fourth-order valence-electron chi connectivity index (χ4n) is 4.49. The van der Waals surface area contributed by atoms with Crippen LogP contribution in [-0.2, 0) is 11.3 Å². The number of hydrogen-bond acceptors (Lipinski definition) is 4. The number of aromatic nitrogens is 1. The molecule has 0 radical (unpaired) electrons. The number of guanidine groups is 1. The molecule has 4 rings (SSSR count). The molecule has 7 heteroatoms. The van der Waals surface area contributed by atoms with Gasteiger partial charge in [-0.15, -0.1) is 0 Å². The highest BCUT2D eigenvalue weighted by molar-refractivity contribution is 5.81. The molecule has 1 aliphatic heterocycles. The maximum Gasteiger partial charge on any atom is 0.225 e. The predicted octanol–water partition coefficient (Wildman–Crippen LogP) is 3.11. The fraction of sp³-hybridized carbons (Fsp3) is 0.708. The summed E-state index contributed by atoms with van der Waals surface area (Å²) in [6.45, 7) is 5.82. The quantitative estimate of drug-likeness (QED) is 0.492. The van der Waals surface area contributed by atoms with E-state index in [2.05, 4.69) is 27.4 Å². The van der Waals surface area contributed by atoms with Crippen LogP contribution in [0.3, 0.4) is 0 Å². The zero-order chi connectivity index (χ0) is 21.5. The third-order valence-corrected chi connectivity index (χ3v) is 6.52. The molecular formula is C24H37N5O2. The van der Waals surface area contributed by atoms with Crippen LogP contribution in [0, 0.1) is 11.8 Å². The lowest BCUT2D eigenvalue weighted by molar-refractivity contribution is -0.135. The standard InChI is InChI=1S/C24H37N5O2/c1-2-25-24(27-15-19-10-12-26-22(14-19)31-17-18-8-9-18)28-21-11-13-29(16-21)23(30)20-6-4-3-5-7-20/h10,12,14,18,20-21H,2-9,11,13,15-17H2,1H3,(H2,25,27,28). The summed E-state index contributed by atoms with van der Waals surface area (Å²) in [5.74, 6) is 2.81. The van der Waals surface area contributed by atoms with E-state index in [4.69, 9.17) is 9.73 Å². The van der Waals surface area contributed by atoms with Gasteiger partial charge in [0.25, 0.3) is 0 Å². The van der Waals surface area contributed by atoms with Crippen LogP contribution < -0.4 is 15.4 Å². The maximum absolute atomic E-state index is 12.8. The summed E-state index contributed by atoms with van der Waals surface area (Å²) in [5, 5.41) is 6.87. The monoisotopic (exact) mass is 427 g/mol. The summed E-state index contributed by atoms with van der Waals surface area (Å²) in [4.78, 5) is 24.0. The summed E-state index contributed by atoms with van der Waals surface area (Å²) < 4.78 is 5.79. The van der Waals surface area contributed by atoms with Crippen LogP contribution in [-0.4, -0.2) is 54.0 Å². The van der Waals surface area contributed by atoms with E-state index in [1.165, 1.54) is 32.1 Å². The number of carbonyl (C=O) groups excluding carboxylic acids is 1. The second-order valence-corrected chi connectivity index (χ2v) is 9.20. The normalized spacial score (nSPS) is 22.4. The first-order chi connectivity index (χ1) is 15.2. The molecule has 1 saturated heterocycles. The summed E-state index contributed by atoms with van der Waals surface area (Å²) in [6.07, 6.45) is 11.1. The summed E-state index contributed by atoms with van der Waals surface area (Å²) in [6, 6.07) is 4.22. The van der Waals surface area contributed by atoms with Crippen molar-refractivity contribution < 1.29 is 9.53 Å². The van der Waals surface area contributed by atoms with Crippen LogP contribution in [0.4, 0.5) is 0 Å². The number of amides is 1. The number of pyridine rings is 1. The smallest absolute Gasteiger partial charge is 0.225 e. The Balaban J connectivity index is 1.28. The molecule has 1 aromatic rings. The number of aliphatic imine (C=N–C) groups is 1. The van der Waals surface area contributed by atoms with Gasteiger partial charge in [-0.05, 0) is 56.6 Å². The number of ether oxygens (including phenoxy) is 1. The predicted molar refractivity (Wildman–Crippen MR) is 122 cm³/mol. The lowest BCUT2D eigenvalue weighted by Gasteiger charge is -2.26. The van der Waals surface area contributed by atoms with E-state index in [-0.39, 0.29) is 12.0 Å². The average Bonchev–Trinajstić information content (AvgIpc) is 3.53. The van der Waals surface area contributed by atoms with Gasteiger partial charge in [0.15, 0.2) is 5.96 Å². The number of likely N-dealkylation sites (tertiary alicyclic amines) is 1. The first kappa shape index (κ1) is 21.9. The van der Waals surface area contributed by atoms with Crippen LogP contribution >= 0.6 is 0 Å². The molecule has 1 unspecified atom stereocenters. The average molecular weight is 428 g/mol. The van der Waals surface area contributed by atoms with E-state index in [1.807, 2.05) is 12.1 Å². The molecule has 2 saturated carbocycles. The van der Waals surface area contributed by atoms with Crippen LogP contribution in [0.2, 0.25) is 0 Å². The number of rotatable bonds is 8. The highest BCUT2D eigenvalue weighted by Crippen LogP contribution is 2.29. The summed E-state index contributed by atoms with van der Waals surface area (Å²) >= 11 is 0. The van der Waals surface area contributed by atoms with Gasteiger partial charge in [-0.1, -0.05) is 19.3 Å². The molecule has 2 N–H and O–H groups in total. The molecule has 2 heterocycles. The van der Waals surface area contributed by atoms with Crippen molar-refractivity contribution in [2.24, 2.45) is 16.8 Å². The minimum atomic E-state index is 0.248. The van der Waals surface area contributed by atoms with Crippen molar-refractivity contribution in [3.63, 3.8) is 0 Å². The van der Waals surface area contributed by atoms with E-state index in [1.54, 1.807) is 6.20 Å². The van der Waals surface area contributed by atoms with E-state index in [0.717, 1.165) is 57.0 Å². The van der Waals surface area contributed by atoms with Crippen LogP contribution in [0.15, 0.2) is 23.3 Å². The highest BCUT2D eigenvalue weighted by Gasteiger charge is 2.31. The lowest BCUT2D eigenvalue weighted by atomic mass is 9.88. The Labute approximate surface area is 186 Å². The van der Waals surface area contributed by atoms with Crippen LogP contribution in [0.25, 0.3) is 0 Å². The second-order valence-electron chi connectivity index (χ2n) is 9.20. The Hall–Kier alpha value is -2.31. The van der Waals surface area contributed by atoms with Crippen molar-refractivity contribution in [1.29, 1.82) is 0 Å². The zero-order valence-corrected chi connectivity index (χ0v) is 18.8. The second kappa shape index (κ2) is 10.8. The molecule has 1 aromatic heterocycles. The molecule has 1 amide bonds. The first-order valence-electron chi connectivity index (χ1n) is 12.1. The van der Waals surface area contributed by atoms with Gasteiger partial charge < -0.3 is 20.3 Å². The minimum Gasteiger partial charge on any atom is -0.477 e. The molecule has 7 nitrogen and oxygen atoms in total. The van der Waals surface area contributed by atoms with Crippen LogP contribution in [0.5, 0.6) is 5.88 Å². The number of nitrogens with zero attached hydrogens (tertiary/aromatic N) is 3. The molecular weight excluding hydrogens is 390 g/mol. The highest BCUT2D eigenvalue weighted by atomic mass is 16.5. The van der Waals surface area contributed by atoms with Crippen molar-refractivity contribution in [3.05, 3.63) is 23.9 Å². The summed E-state index contributed by atoms with van der Waals surface area (Å²) in [5.41, 5.74) is 1.08. The van der Waals surface area contributed by atoms with E-state index < -0.39 is 0 Å². The van der Waals surface area contributed by atoms with Crippen molar-refractivity contribution in [1.82, 2.24) is 20.5 Å². The van der Waals surface area contributed by atoms with E-state index in [9.17, 15) is 4.79 Å². The third-order valence-electron chi connectivity index (χ3n) is 6.52. The molecule has 170 valence electrons. The molecule has 3 fully saturated rings. The molecule has 31 heavy (non-hydrogen) atoms. The zero-order valence-electron chi connectivity index (χ0n) is 18.8. The fourth-order valence-corrected chi connectivity index (χ4v) is 4.49. The van der Waals surface area contributed by atoms with Gasteiger partial charge in [0.2, 0.25) is 11.8 Å². The SMILES string of the molecule is CCNC(=NCc1ccnc(OCC2CC2)c1)NC1CCN(C(=O)C2CCCCC2)C1. The lowest BCUT2D eigenvalue weighted by Crippen LogP contribution is -2.45. The summed E-state index contributed by atoms with van der Waals surface area (Å²) in [7, 11) is 0. The molecule has 0 bridgehead atoms. The van der Waals surface area contributed by atoms with Crippen molar-refractivity contribution in [3.8, 4) is 5.88 Å². The molecule has 3 aliphatic rings. The topological polar surface area (TPSA) is 78.9 Å². The Morgan fingerprint density at radius 2 is 2.06 bits per heavy atom. The molecule has 0 spiro atoms. The Bertz CT molecular complexity index is 758. The van der Waals surface area contributed by atoms with Gasteiger partial charge in [0.1, 0.15) is 0 Å². The Morgan fingerprint density at radius 3 is 2.84 bits per heavy atom. The van der Waals surface area contributed by atoms with E-state index >= 15 is 0 Å². The van der Waals surface area contributed by atoms with Crippen molar-refractivity contribution in [2.45, 2.75) is 70.9 Å². The Kier molecular flexibility index (Phi) is 7.65. The van der Waals surface area contributed by atoms with Crippen LogP contribution in [0.1, 0.15) is 63.9 Å². The maximum atomic E-state index is 12.8. The Morgan fingerprint density at radius 1 is 1.23 bits per heavy atom. The van der Waals surface area contributed by atoms with Gasteiger partial charge >= 0.3 is 0 Å². The van der Waals surface area contributed by atoms with Crippen molar-refractivity contribution in [2.75, 3.05) is 26.2 Å². The first-order valence-corrected chi connectivity index (χ1v) is 12.1. The number of hydrogen-bond donors (Lipinski definition) is 2. The van der Waals surface area contributed by atoms with Gasteiger partial charge in [-0.25, -0.2) is 9.98 Å². The molecule has 1 atom stereocenters. The van der Waals surface area contributed by atoms with Gasteiger partial charge in [-0.2, -0.15) is 0 Å².